The molecule has 2 aromatic rings. The molecule has 0 aliphatic rings. The number of rotatable bonds is 1. The van der Waals surface area contributed by atoms with Crippen LogP contribution in [0.15, 0.2) is 27.4 Å². The van der Waals surface area contributed by atoms with Gasteiger partial charge in [-0.2, -0.15) is 0 Å². The van der Waals surface area contributed by atoms with Gasteiger partial charge in [0, 0.05) is 6.07 Å². The molecule has 0 aliphatic heterocycles. The smallest absolute Gasteiger partial charge is 0.396 e. The van der Waals surface area contributed by atoms with E-state index in [4.69, 9.17) is 9.15 Å². The normalized spacial score (nSPS) is 11.9. The highest BCUT2D eigenvalue weighted by molar-refractivity contribution is 7.16. The summed E-state index contributed by atoms with van der Waals surface area (Å²) in [5.74, 6) is 0.719. The van der Waals surface area contributed by atoms with E-state index in [9.17, 15) is 4.79 Å². The summed E-state index contributed by atoms with van der Waals surface area (Å²) in [6.45, 7) is 5.92. The number of hydrogen-bond donors (Lipinski definition) is 0. The number of benzene rings is 1. The summed E-state index contributed by atoms with van der Waals surface area (Å²) in [6.07, 6.45) is 0. The average Bonchev–Trinajstić information content (AvgIpc) is 2.40. The molecule has 0 amide bonds. The summed E-state index contributed by atoms with van der Waals surface area (Å²) in [7, 11) is 0. The van der Waals surface area contributed by atoms with Crippen molar-refractivity contribution < 1.29 is 9.15 Å². The van der Waals surface area contributed by atoms with E-state index in [-0.39, 0.29) is 10.5 Å². The molecular formula is C11H12O3S. The lowest BCUT2D eigenvalue weighted by atomic mass is 10.2. The number of fused-ring (bicyclic) bond motifs is 1. The van der Waals surface area contributed by atoms with Crippen molar-refractivity contribution in [2.45, 2.75) is 26.4 Å². The lowest BCUT2D eigenvalue weighted by molar-refractivity contribution is 0.131. The van der Waals surface area contributed by atoms with Crippen molar-refractivity contribution in [2.75, 3.05) is 0 Å². The van der Waals surface area contributed by atoms with E-state index in [0.717, 1.165) is 21.8 Å². The summed E-state index contributed by atoms with van der Waals surface area (Å²) >= 11 is 1.10. The van der Waals surface area contributed by atoms with Crippen LogP contribution in [-0.4, -0.2) is 5.60 Å². The van der Waals surface area contributed by atoms with Gasteiger partial charge in [0.05, 0.1) is 4.70 Å². The molecule has 0 fully saturated rings. The molecule has 80 valence electrons. The molecule has 0 saturated carbocycles. The summed E-state index contributed by atoms with van der Waals surface area (Å²) in [5, 5.41) is 0. The van der Waals surface area contributed by atoms with Gasteiger partial charge in [0.1, 0.15) is 11.4 Å². The van der Waals surface area contributed by atoms with Crippen LogP contribution < -0.4 is 9.68 Å². The minimum Gasteiger partial charge on any atom is -0.488 e. The van der Waals surface area contributed by atoms with E-state index in [0.29, 0.717) is 5.58 Å². The third kappa shape index (κ3) is 2.39. The number of ether oxygens (including phenoxy) is 1. The summed E-state index contributed by atoms with van der Waals surface area (Å²) in [6, 6.07) is 5.43. The molecule has 0 aliphatic carbocycles. The van der Waals surface area contributed by atoms with E-state index in [1.54, 1.807) is 6.07 Å². The lowest BCUT2D eigenvalue weighted by Gasteiger charge is -2.20. The average molecular weight is 224 g/mol. The van der Waals surface area contributed by atoms with Crippen LogP contribution in [-0.2, 0) is 0 Å². The second kappa shape index (κ2) is 3.38. The SMILES string of the molecule is CC(C)(C)Oc1ccc2sc(=O)oc2c1. The third-order valence-corrected chi connectivity index (χ3v) is 2.53. The van der Waals surface area contributed by atoms with E-state index in [1.807, 2.05) is 32.9 Å². The van der Waals surface area contributed by atoms with Gasteiger partial charge in [-0.1, -0.05) is 11.3 Å². The highest BCUT2D eigenvalue weighted by Crippen LogP contribution is 2.25. The van der Waals surface area contributed by atoms with Crippen molar-refractivity contribution in [2.24, 2.45) is 0 Å². The van der Waals surface area contributed by atoms with Gasteiger partial charge in [-0.15, -0.1) is 0 Å². The largest absolute Gasteiger partial charge is 0.488 e. The molecule has 0 spiro atoms. The third-order valence-electron chi connectivity index (χ3n) is 1.73. The van der Waals surface area contributed by atoms with Crippen LogP contribution >= 0.6 is 11.3 Å². The Kier molecular flexibility index (Phi) is 2.31. The van der Waals surface area contributed by atoms with Crippen LogP contribution in [0.4, 0.5) is 0 Å². The van der Waals surface area contributed by atoms with E-state index in [2.05, 4.69) is 0 Å². The standard InChI is InChI=1S/C11H12O3S/c1-11(2,3)14-7-4-5-9-8(6-7)13-10(12)15-9/h4-6H,1-3H3. The Morgan fingerprint density at radius 3 is 2.73 bits per heavy atom. The van der Waals surface area contributed by atoms with Crippen molar-refractivity contribution in [3.63, 3.8) is 0 Å². The van der Waals surface area contributed by atoms with Crippen LogP contribution in [0.5, 0.6) is 5.75 Å². The van der Waals surface area contributed by atoms with Crippen molar-refractivity contribution in [3.8, 4) is 5.75 Å². The maximum absolute atomic E-state index is 11.0. The van der Waals surface area contributed by atoms with Crippen molar-refractivity contribution in [1.82, 2.24) is 0 Å². The summed E-state index contributed by atoms with van der Waals surface area (Å²) in [5.41, 5.74) is 0.344. The highest BCUT2D eigenvalue weighted by Gasteiger charge is 2.12. The molecule has 0 saturated heterocycles. The van der Waals surface area contributed by atoms with Crippen LogP contribution in [0.1, 0.15) is 20.8 Å². The van der Waals surface area contributed by atoms with Gasteiger partial charge in [0.2, 0.25) is 0 Å². The molecule has 3 nitrogen and oxygen atoms in total. The number of hydrogen-bond acceptors (Lipinski definition) is 4. The molecule has 0 radical (unpaired) electrons. The van der Waals surface area contributed by atoms with Crippen molar-refractivity contribution in [3.05, 3.63) is 27.9 Å². The van der Waals surface area contributed by atoms with Gasteiger partial charge in [-0.25, -0.2) is 4.79 Å². The van der Waals surface area contributed by atoms with Crippen LogP contribution in [0.3, 0.4) is 0 Å². The molecule has 0 unspecified atom stereocenters. The topological polar surface area (TPSA) is 39.4 Å². The van der Waals surface area contributed by atoms with Gasteiger partial charge in [0.25, 0.3) is 0 Å². The Morgan fingerprint density at radius 2 is 2.07 bits per heavy atom. The zero-order chi connectivity index (χ0) is 11.1. The first kappa shape index (κ1) is 10.2. The van der Waals surface area contributed by atoms with Gasteiger partial charge >= 0.3 is 4.94 Å². The fourth-order valence-corrected chi connectivity index (χ4v) is 1.92. The second-order valence-electron chi connectivity index (χ2n) is 4.28. The predicted octanol–water partition coefficient (Wildman–Crippen LogP) is 3.03. The van der Waals surface area contributed by atoms with Gasteiger partial charge in [0.15, 0.2) is 5.58 Å². The second-order valence-corrected chi connectivity index (χ2v) is 5.25. The predicted molar refractivity (Wildman–Crippen MR) is 60.7 cm³/mol. The summed E-state index contributed by atoms with van der Waals surface area (Å²) in [4.78, 5) is 10.7. The van der Waals surface area contributed by atoms with Crippen molar-refractivity contribution in [1.29, 1.82) is 0 Å². The fourth-order valence-electron chi connectivity index (χ4n) is 1.27. The molecule has 0 bridgehead atoms. The Labute approximate surface area is 91.3 Å². The first-order valence-corrected chi connectivity index (χ1v) is 5.48. The van der Waals surface area contributed by atoms with E-state index in [1.165, 1.54) is 0 Å². The molecule has 2 rings (SSSR count). The Morgan fingerprint density at radius 1 is 1.33 bits per heavy atom. The Balaban J connectivity index is 2.42. The van der Waals surface area contributed by atoms with Crippen molar-refractivity contribution >= 4 is 21.6 Å². The van der Waals surface area contributed by atoms with Gasteiger partial charge < -0.3 is 9.15 Å². The zero-order valence-electron chi connectivity index (χ0n) is 8.87. The van der Waals surface area contributed by atoms with Gasteiger partial charge in [-0.05, 0) is 32.9 Å². The van der Waals surface area contributed by atoms with Crippen LogP contribution in [0, 0.1) is 0 Å². The molecule has 15 heavy (non-hydrogen) atoms. The lowest BCUT2D eigenvalue weighted by Crippen LogP contribution is -2.22. The maximum Gasteiger partial charge on any atom is 0.396 e. The Bertz CT molecular complexity index is 530. The summed E-state index contributed by atoms with van der Waals surface area (Å²) < 4.78 is 11.5. The highest BCUT2D eigenvalue weighted by atomic mass is 32.1. The Hall–Kier alpha value is -1.29. The monoisotopic (exact) mass is 224 g/mol. The molecule has 1 aromatic heterocycles. The molecule has 0 atom stereocenters. The first-order chi connectivity index (χ1) is 6.94. The van der Waals surface area contributed by atoms with E-state index >= 15 is 0 Å². The zero-order valence-corrected chi connectivity index (χ0v) is 9.68. The van der Waals surface area contributed by atoms with Gasteiger partial charge in [-0.3, -0.25) is 0 Å². The maximum atomic E-state index is 11.0. The first-order valence-electron chi connectivity index (χ1n) is 4.67. The molecule has 1 aromatic carbocycles. The molecule has 1 heterocycles. The molecule has 4 heteroatoms. The molecule has 0 N–H and O–H groups in total. The van der Waals surface area contributed by atoms with E-state index < -0.39 is 0 Å². The fraction of sp³-hybridized carbons (Fsp3) is 0.364. The quantitative estimate of drug-likeness (QED) is 0.747. The minimum atomic E-state index is -0.280. The molecular weight excluding hydrogens is 212 g/mol. The van der Waals surface area contributed by atoms with Crippen LogP contribution in [0.2, 0.25) is 0 Å². The van der Waals surface area contributed by atoms with Crippen LogP contribution in [0.25, 0.3) is 10.3 Å². The minimum absolute atomic E-state index is 0.246.